The van der Waals surface area contributed by atoms with Gasteiger partial charge in [-0.25, -0.2) is 5.01 Å². The summed E-state index contributed by atoms with van der Waals surface area (Å²) in [6.45, 7) is 18.3. The number of nitrogens with one attached hydrogen (secondary N) is 1. The number of amides is 1. The van der Waals surface area contributed by atoms with Crippen molar-refractivity contribution in [2.75, 3.05) is 39.3 Å². The van der Waals surface area contributed by atoms with Crippen LogP contribution in [0.5, 0.6) is 0 Å². The maximum atomic E-state index is 13.8. The van der Waals surface area contributed by atoms with Crippen LogP contribution in [-0.2, 0) is 14.4 Å². The molecule has 2 aromatic rings. The van der Waals surface area contributed by atoms with E-state index in [1.54, 1.807) is 5.06 Å². The third-order valence-electron chi connectivity index (χ3n) is 10.7. The number of hydroxylamine groups is 2. The monoisotopic (exact) mass is 704 g/mol. The molecule has 2 aliphatic rings. The fraction of sp³-hybridized carbons (Fsp3) is 0.674. The molecule has 0 bridgehead atoms. The summed E-state index contributed by atoms with van der Waals surface area (Å²) < 4.78 is 0. The smallest absolute Gasteiger partial charge is 0.326 e. The van der Waals surface area contributed by atoms with Crippen LogP contribution in [0.2, 0.25) is 0 Å². The summed E-state index contributed by atoms with van der Waals surface area (Å²) in [6.07, 6.45) is 10.7. The first-order valence-electron chi connectivity index (χ1n) is 20.3. The number of nitrogens with two attached hydrogens (primary N) is 1. The third kappa shape index (κ3) is 12.7. The fourth-order valence-electron chi connectivity index (χ4n) is 8.14. The molecule has 1 heterocycles. The largest absolute Gasteiger partial charge is 0.368 e. The Morgan fingerprint density at radius 1 is 0.824 bits per heavy atom. The Morgan fingerprint density at radius 3 is 1.96 bits per heavy atom. The Balaban J connectivity index is 1.34. The van der Waals surface area contributed by atoms with Crippen molar-refractivity contribution in [1.82, 2.24) is 20.4 Å². The van der Waals surface area contributed by atoms with E-state index < -0.39 is 0 Å². The zero-order chi connectivity index (χ0) is 36.8. The second kappa shape index (κ2) is 21.1. The zero-order valence-corrected chi connectivity index (χ0v) is 32.7. The minimum Gasteiger partial charge on any atom is -0.368 e. The van der Waals surface area contributed by atoms with Crippen LogP contribution in [0.3, 0.4) is 0 Å². The van der Waals surface area contributed by atoms with E-state index in [0.29, 0.717) is 50.2 Å². The molecule has 1 aliphatic carbocycles. The van der Waals surface area contributed by atoms with Crippen LogP contribution >= 0.6 is 0 Å². The number of carbonyl (C=O) groups excluding carboxylic acids is 2. The molecule has 0 saturated carbocycles. The van der Waals surface area contributed by atoms with Crippen molar-refractivity contribution < 1.29 is 14.4 Å². The van der Waals surface area contributed by atoms with Gasteiger partial charge in [-0.3, -0.25) is 19.9 Å². The molecule has 0 aromatic heterocycles. The van der Waals surface area contributed by atoms with Crippen LogP contribution in [0.1, 0.15) is 129 Å². The Labute approximate surface area is 309 Å². The summed E-state index contributed by atoms with van der Waals surface area (Å²) in [5.74, 6) is 0.885. The van der Waals surface area contributed by atoms with E-state index in [0.717, 1.165) is 58.3 Å². The highest BCUT2D eigenvalue weighted by Gasteiger charge is 2.33. The van der Waals surface area contributed by atoms with Gasteiger partial charge >= 0.3 is 5.97 Å². The van der Waals surface area contributed by atoms with Gasteiger partial charge in [-0.05, 0) is 79.2 Å². The molecule has 1 saturated heterocycles. The number of nitrogens with zero attached hydrogens (tertiary/aromatic N) is 3. The van der Waals surface area contributed by atoms with Crippen LogP contribution in [0, 0.1) is 17.8 Å². The lowest BCUT2D eigenvalue weighted by Crippen LogP contribution is -2.55. The lowest BCUT2D eigenvalue weighted by atomic mass is 9.94. The van der Waals surface area contributed by atoms with Crippen LogP contribution in [0.25, 0.3) is 11.1 Å². The minimum atomic E-state index is -0.218. The van der Waals surface area contributed by atoms with Gasteiger partial charge in [0.1, 0.15) is 0 Å². The first-order valence-corrected chi connectivity index (χ1v) is 20.3. The molecule has 2 aromatic carbocycles. The molecule has 284 valence electrons. The molecule has 1 amide bonds. The number of benzene rings is 2. The summed E-state index contributed by atoms with van der Waals surface area (Å²) in [5.41, 5.74) is 14.9. The molecular formula is C43H69N5O3. The Morgan fingerprint density at radius 2 is 1.39 bits per heavy atom. The summed E-state index contributed by atoms with van der Waals surface area (Å²) in [5, 5.41) is 3.99. The van der Waals surface area contributed by atoms with Crippen molar-refractivity contribution >= 4 is 11.9 Å². The molecule has 0 spiro atoms. The Hall–Kier alpha value is -2.78. The van der Waals surface area contributed by atoms with E-state index in [-0.39, 0.29) is 29.8 Å². The first kappa shape index (κ1) is 41.0. The Kier molecular flexibility index (Phi) is 16.9. The van der Waals surface area contributed by atoms with E-state index in [4.69, 9.17) is 10.6 Å². The predicted octanol–water partition coefficient (Wildman–Crippen LogP) is 8.16. The SMILES string of the molecule is CCCCCN(C[C@@H](CC(C)C)N(CCCCC)C[C@@H](N)CC(C)C)NC(=O)C1CCN(OC(=O)CC2c3ccccc3-c3ccccc32)CC1. The van der Waals surface area contributed by atoms with Gasteiger partial charge in [0.05, 0.1) is 6.42 Å². The summed E-state index contributed by atoms with van der Waals surface area (Å²) >= 11 is 0. The number of carbonyl (C=O) groups is 2. The molecule has 3 N–H and O–H groups in total. The highest BCUT2D eigenvalue weighted by molar-refractivity contribution is 5.82. The molecule has 0 unspecified atom stereocenters. The number of hydrogen-bond donors (Lipinski definition) is 2. The van der Waals surface area contributed by atoms with Crippen molar-refractivity contribution in [3.05, 3.63) is 59.7 Å². The van der Waals surface area contributed by atoms with E-state index in [1.807, 2.05) is 12.1 Å². The van der Waals surface area contributed by atoms with E-state index in [9.17, 15) is 9.59 Å². The average molecular weight is 704 g/mol. The second-order valence-electron chi connectivity index (χ2n) is 16.1. The highest BCUT2D eigenvalue weighted by atomic mass is 16.7. The van der Waals surface area contributed by atoms with Crippen molar-refractivity contribution in [2.24, 2.45) is 23.5 Å². The molecule has 0 radical (unpaired) electrons. The molecule has 8 heteroatoms. The number of rotatable bonds is 22. The quantitative estimate of drug-likeness (QED) is 0.0945. The third-order valence-corrected chi connectivity index (χ3v) is 10.7. The second-order valence-corrected chi connectivity index (χ2v) is 16.1. The van der Waals surface area contributed by atoms with Crippen molar-refractivity contribution in [3.63, 3.8) is 0 Å². The van der Waals surface area contributed by atoms with Crippen molar-refractivity contribution in [2.45, 2.75) is 130 Å². The Bertz CT molecular complexity index is 1290. The number of unbranched alkanes of at least 4 members (excludes halogenated alkanes) is 4. The van der Waals surface area contributed by atoms with E-state index in [1.165, 1.54) is 41.5 Å². The van der Waals surface area contributed by atoms with Gasteiger partial charge < -0.3 is 10.6 Å². The molecular weight excluding hydrogens is 635 g/mol. The number of piperidine rings is 1. The molecule has 8 nitrogen and oxygen atoms in total. The molecule has 4 rings (SSSR count). The molecule has 51 heavy (non-hydrogen) atoms. The van der Waals surface area contributed by atoms with E-state index >= 15 is 0 Å². The standard InChI is InChI=1S/C43H69N5O3/c1-7-9-15-23-46(30-35(44)27-32(3)4)36(28-33(5)6)31-47(24-16-10-8-2)45-43(50)34-21-25-48(26-22-34)51-42(49)29-41-39-19-13-11-17-37(39)38-18-12-14-20-40(38)41/h11-14,17-20,32-36,41H,7-10,15-16,21-31,44H2,1-6H3,(H,45,50)/t35-,36+/m0/s1. The maximum absolute atomic E-state index is 13.8. The highest BCUT2D eigenvalue weighted by Crippen LogP contribution is 2.46. The van der Waals surface area contributed by atoms with Gasteiger partial charge in [0.2, 0.25) is 5.91 Å². The van der Waals surface area contributed by atoms with Gasteiger partial charge in [-0.1, -0.05) is 116 Å². The summed E-state index contributed by atoms with van der Waals surface area (Å²) in [4.78, 5) is 35.6. The summed E-state index contributed by atoms with van der Waals surface area (Å²) in [6, 6.07) is 17.2. The predicted molar refractivity (Wildman–Crippen MR) is 210 cm³/mol. The van der Waals surface area contributed by atoms with Crippen LogP contribution in [-0.4, -0.2) is 78.2 Å². The summed E-state index contributed by atoms with van der Waals surface area (Å²) in [7, 11) is 0. The maximum Gasteiger partial charge on any atom is 0.326 e. The number of hydrogen-bond acceptors (Lipinski definition) is 7. The fourth-order valence-corrected chi connectivity index (χ4v) is 8.14. The van der Waals surface area contributed by atoms with Gasteiger partial charge in [-0.15, -0.1) is 5.06 Å². The zero-order valence-electron chi connectivity index (χ0n) is 32.7. The molecule has 1 fully saturated rings. The molecule has 2 atom stereocenters. The van der Waals surface area contributed by atoms with Crippen LogP contribution in [0.4, 0.5) is 0 Å². The van der Waals surface area contributed by atoms with Crippen LogP contribution < -0.4 is 11.2 Å². The van der Waals surface area contributed by atoms with E-state index in [2.05, 4.69) is 93.3 Å². The minimum absolute atomic E-state index is 0.0000534. The topological polar surface area (TPSA) is 91.1 Å². The van der Waals surface area contributed by atoms with Gasteiger partial charge in [0, 0.05) is 56.6 Å². The average Bonchev–Trinajstić information content (AvgIpc) is 3.40. The van der Waals surface area contributed by atoms with Crippen LogP contribution in [0.15, 0.2) is 48.5 Å². The normalized spacial score (nSPS) is 16.5. The molecule has 1 aliphatic heterocycles. The lowest BCUT2D eigenvalue weighted by molar-refractivity contribution is -0.197. The lowest BCUT2D eigenvalue weighted by Gasteiger charge is -2.39. The van der Waals surface area contributed by atoms with Gasteiger partial charge in [0.25, 0.3) is 0 Å². The first-order chi connectivity index (χ1) is 24.6. The van der Waals surface area contributed by atoms with Crippen molar-refractivity contribution in [3.8, 4) is 11.1 Å². The van der Waals surface area contributed by atoms with Crippen molar-refractivity contribution in [1.29, 1.82) is 0 Å². The number of fused-ring (bicyclic) bond motifs is 3. The van der Waals surface area contributed by atoms with Gasteiger partial charge in [-0.2, -0.15) is 0 Å². The number of hydrazine groups is 1. The van der Waals surface area contributed by atoms with Gasteiger partial charge in [0.15, 0.2) is 0 Å².